The van der Waals surface area contributed by atoms with Gasteiger partial charge in [0, 0.05) is 17.7 Å². The van der Waals surface area contributed by atoms with E-state index < -0.39 is 0 Å². The topological polar surface area (TPSA) is 21.3 Å². The van der Waals surface area contributed by atoms with Gasteiger partial charge < -0.3 is 10.1 Å². The zero-order valence-corrected chi connectivity index (χ0v) is 9.80. The molecule has 0 saturated carbocycles. The van der Waals surface area contributed by atoms with Crippen molar-refractivity contribution in [2.75, 3.05) is 13.7 Å². The van der Waals surface area contributed by atoms with Gasteiger partial charge in [-0.25, -0.2) is 4.39 Å². The van der Waals surface area contributed by atoms with Gasteiger partial charge >= 0.3 is 0 Å². The predicted molar refractivity (Wildman–Crippen MR) is 62.8 cm³/mol. The first-order valence-electron chi connectivity index (χ1n) is 5.18. The lowest BCUT2D eigenvalue weighted by atomic mass is 10.1. The Morgan fingerprint density at radius 2 is 2.25 bits per heavy atom. The summed E-state index contributed by atoms with van der Waals surface area (Å²) in [5, 5.41) is 2.99. The van der Waals surface area contributed by atoms with Crippen molar-refractivity contribution < 1.29 is 9.13 Å². The first-order valence-corrected chi connectivity index (χ1v) is 5.18. The Kier molecular flexibility index (Phi) is 4.81. The largest absolute Gasteiger partial charge is 0.481 e. The highest BCUT2D eigenvalue weighted by Gasteiger charge is 2.09. The number of nitrogens with one attached hydrogen (secondary N) is 1. The molecule has 0 aromatic heterocycles. The molecule has 1 aromatic carbocycles. The third-order valence-corrected chi connectivity index (χ3v) is 2.36. The van der Waals surface area contributed by atoms with E-state index in [0.717, 1.165) is 0 Å². The van der Waals surface area contributed by atoms with Crippen molar-refractivity contribution in [2.45, 2.75) is 19.9 Å². The van der Waals surface area contributed by atoms with E-state index in [9.17, 15) is 4.39 Å². The lowest BCUT2D eigenvalue weighted by molar-refractivity contribution is 0.367. The minimum absolute atomic E-state index is 0.00974. The molecular formula is C13H16FNO. The maximum atomic E-state index is 13.6. The molecule has 0 amide bonds. The number of hydrogen-bond acceptors (Lipinski definition) is 2. The molecule has 0 spiro atoms. The summed E-state index contributed by atoms with van der Waals surface area (Å²) < 4.78 is 18.9. The molecule has 0 aliphatic heterocycles. The Morgan fingerprint density at radius 1 is 1.50 bits per heavy atom. The van der Waals surface area contributed by atoms with Crippen molar-refractivity contribution in [3.8, 4) is 17.6 Å². The van der Waals surface area contributed by atoms with E-state index in [1.165, 1.54) is 6.07 Å². The summed E-state index contributed by atoms with van der Waals surface area (Å²) in [4.78, 5) is 0. The maximum Gasteiger partial charge on any atom is 0.149 e. The van der Waals surface area contributed by atoms with Crippen molar-refractivity contribution in [2.24, 2.45) is 0 Å². The Labute approximate surface area is 95.8 Å². The monoisotopic (exact) mass is 221 g/mol. The predicted octanol–water partition coefficient (Wildman–Crippen LogP) is 2.51. The molecular weight excluding hydrogens is 205 g/mol. The second kappa shape index (κ2) is 6.14. The van der Waals surface area contributed by atoms with Gasteiger partial charge in [0.15, 0.2) is 0 Å². The van der Waals surface area contributed by atoms with Gasteiger partial charge in [-0.1, -0.05) is 12.0 Å². The van der Waals surface area contributed by atoms with E-state index in [0.29, 0.717) is 11.3 Å². The minimum atomic E-state index is -0.260. The highest BCUT2D eigenvalue weighted by Crippen LogP contribution is 2.21. The molecule has 16 heavy (non-hydrogen) atoms. The molecule has 1 N–H and O–H groups in total. The zero-order valence-electron chi connectivity index (χ0n) is 9.80. The summed E-state index contributed by atoms with van der Waals surface area (Å²) in [6, 6.07) is 4.86. The Morgan fingerprint density at radius 3 is 2.81 bits per heavy atom. The Hall–Kier alpha value is -1.53. The number of hydrogen-bond donors (Lipinski definition) is 1. The van der Waals surface area contributed by atoms with Crippen LogP contribution in [0.2, 0.25) is 0 Å². The normalized spacial score (nSPS) is 11.5. The van der Waals surface area contributed by atoms with Gasteiger partial charge in [0.05, 0.1) is 0 Å². The molecule has 0 heterocycles. The summed E-state index contributed by atoms with van der Waals surface area (Å²) in [6.45, 7) is 3.93. The van der Waals surface area contributed by atoms with Crippen LogP contribution in [0.4, 0.5) is 4.39 Å². The highest BCUT2D eigenvalue weighted by atomic mass is 19.1. The lowest BCUT2D eigenvalue weighted by Gasteiger charge is -2.12. The van der Waals surface area contributed by atoms with E-state index in [4.69, 9.17) is 4.74 Å². The summed E-state index contributed by atoms with van der Waals surface area (Å²) in [6.07, 6.45) is 0. The van der Waals surface area contributed by atoms with E-state index in [1.807, 2.05) is 6.92 Å². The second-order valence-electron chi connectivity index (χ2n) is 3.41. The van der Waals surface area contributed by atoms with Gasteiger partial charge in [0.2, 0.25) is 0 Å². The fourth-order valence-corrected chi connectivity index (χ4v) is 1.30. The van der Waals surface area contributed by atoms with E-state index in [2.05, 4.69) is 17.2 Å². The number of rotatable bonds is 4. The zero-order chi connectivity index (χ0) is 12.0. The van der Waals surface area contributed by atoms with Gasteiger partial charge in [0.25, 0.3) is 0 Å². The molecule has 1 rings (SSSR count). The lowest BCUT2D eigenvalue weighted by Crippen LogP contribution is -2.13. The number of halogens is 1. The Balaban J connectivity index is 2.77. The van der Waals surface area contributed by atoms with Gasteiger partial charge in [-0.3, -0.25) is 0 Å². The van der Waals surface area contributed by atoms with Crippen LogP contribution >= 0.6 is 0 Å². The molecule has 3 heteroatoms. The molecule has 0 radical (unpaired) electrons. The molecule has 1 unspecified atom stereocenters. The van der Waals surface area contributed by atoms with Crippen molar-refractivity contribution in [3.63, 3.8) is 0 Å². The van der Waals surface area contributed by atoms with Crippen LogP contribution < -0.4 is 10.1 Å². The van der Waals surface area contributed by atoms with Crippen molar-refractivity contribution in [3.05, 3.63) is 29.6 Å². The maximum absolute atomic E-state index is 13.6. The van der Waals surface area contributed by atoms with Gasteiger partial charge in [-0.05, 0) is 27.0 Å². The second-order valence-corrected chi connectivity index (χ2v) is 3.41. The van der Waals surface area contributed by atoms with E-state index >= 15 is 0 Å². The fourth-order valence-electron chi connectivity index (χ4n) is 1.30. The SMILES string of the molecule is CC#CCOc1ccc(C(C)NC)c(F)c1. The average Bonchev–Trinajstić information content (AvgIpc) is 2.29. The fraction of sp³-hybridized carbons (Fsp3) is 0.385. The summed E-state index contributed by atoms with van der Waals surface area (Å²) in [5.74, 6) is 5.72. The summed E-state index contributed by atoms with van der Waals surface area (Å²) in [5.41, 5.74) is 0.636. The first-order chi connectivity index (χ1) is 7.69. The van der Waals surface area contributed by atoms with Gasteiger partial charge in [-0.15, -0.1) is 5.92 Å². The molecule has 2 nitrogen and oxygen atoms in total. The highest BCUT2D eigenvalue weighted by molar-refractivity contribution is 5.30. The Bertz CT molecular complexity index is 406. The molecule has 0 aliphatic rings. The summed E-state index contributed by atoms with van der Waals surface area (Å²) in [7, 11) is 1.80. The van der Waals surface area contributed by atoms with Crippen LogP contribution in [-0.2, 0) is 0 Å². The smallest absolute Gasteiger partial charge is 0.149 e. The van der Waals surface area contributed by atoms with Crippen LogP contribution in [0.1, 0.15) is 25.5 Å². The molecule has 0 bridgehead atoms. The third kappa shape index (κ3) is 3.25. The third-order valence-electron chi connectivity index (χ3n) is 2.36. The molecule has 1 atom stereocenters. The number of ether oxygens (including phenoxy) is 1. The molecule has 1 aromatic rings. The molecule has 86 valence electrons. The van der Waals surface area contributed by atoms with E-state index in [1.54, 1.807) is 26.1 Å². The molecule has 0 aliphatic carbocycles. The van der Waals surface area contributed by atoms with Crippen LogP contribution in [0.15, 0.2) is 18.2 Å². The van der Waals surface area contributed by atoms with Crippen LogP contribution in [0.5, 0.6) is 5.75 Å². The van der Waals surface area contributed by atoms with Gasteiger partial charge in [0.1, 0.15) is 18.2 Å². The molecule has 0 fully saturated rings. The quantitative estimate of drug-likeness (QED) is 0.789. The van der Waals surface area contributed by atoms with Gasteiger partial charge in [-0.2, -0.15) is 0 Å². The van der Waals surface area contributed by atoms with E-state index in [-0.39, 0.29) is 18.5 Å². The number of benzene rings is 1. The van der Waals surface area contributed by atoms with Crippen LogP contribution in [0, 0.1) is 17.7 Å². The van der Waals surface area contributed by atoms with Crippen LogP contribution in [0.3, 0.4) is 0 Å². The first kappa shape index (κ1) is 12.5. The minimum Gasteiger partial charge on any atom is -0.481 e. The molecule has 0 saturated heterocycles. The summed E-state index contributed by atoms with van der Waals surface area (Å²) >= 11 is 0. The van der Waals surface area contributed by atoms with Crippen LogP contribution in [0.25, 0.3) is 0 Å². The standard InChI is InChI=1S/C13H16FNO/c1-4-5-8-16-11-6-7-12(10(2)15-3)13(14)9-11/h6-7,9-10,15H,8H2,1-3H3. The van der Waals surface area contributed by atoms with Crippen molar-refractivity contribution in [1.29, 1.82) is 0 Å². The van der Waals surface area contributed by atoms with Crippen molar-refractivity contribution >= 4 is 0 Å². The van der Waals surface area contributed by atoms with Crippen LogP contribution in [-0.4, -0.2) is 13.7 Å². The average molecular weight is 221 g/mol. The van der Waals surface area contributed by atoms with Crippen molar-refractivity contribution in [1.82, 2.24) is 5.32 Å².